The Bertz CT molecular complexity index is 640. The third kappa shape index (κ3) is 4.72. The summed E-state index contributed by atoms with van der Waals surface area (Å²) in [5.41, 5.74) is -0.396. The van der Waals surface area contributed by atoms with Crippen LogP contribution in [0.4, 0.5) is 0 Å². The number of hydrogen-bond acceptors (Lipinski definition) is 4. The van der Waals surface area contributed by atoms with Gasteiger partial charge in [0.2, 0.25) is 0 Å². The van der Waals surface area contributed by atoms with E-state index >= 15 is 0 Å². The molecule has 2 N–H and O–H groups in total. The lowest BCUT2D eigenvalue weighted by Gasteiger charge is -2.24. The number of amides is 1. The van der Waals surface area contributed by atoms with Crippen molar-refractivity contribution in [3.8, 4) is 11.5 Å². The van der Waals surface area contributed by atoms with Gasteiger partial charge in [0, 0.05) is 0 Å². The SMILES string of the molecule is COc1ccccc1OCC(=O)NCC(C)(O)c1ccccc1. The molecule has 0 saturated carbocycles. The molecule has 0 heterocycles. The minimum Gasteiger partial charge on any atom is -0.493 e. The fraction of sp³-hybridized carbons (Fsp3) is 0.278. The number of carbonyl (C=O) groups excluding carboxylic acids is 1. The van der Waals surface area contributed by atoms with Gasteiger partial charge in [0.1, 0.15) is 5.60 Å². The first-order chi connectivity index (χ1) is 11.0. The largest absolute Gasteiger partial charge is 0.493 e. The molecule has 1 amide bonds. The third-order valence-electron chi connectivity index (χ3n) is 3.45. The minimum absolute atomic E-state index is 0.102. The predicted molar refractivity (Wildman–Crippen MR) is 87.5 cm³/mol. The maximum absolute atomic E-state index is 11.9. The maximum atomic E-state index is 11.9. The third-order valence-corrected chi connectivity index (χ3v) is 3.45. The first kappa shape index (κ1) is 16.8. The number of hydrogen-bond donors (Lipinski definition) is 2. The predicted octanol–water partition coefficient (Wildman–Crippen LogP) is 2.10. The number of benzene rings is 2. The van der Waals surface area contributed by atoms with Crippen molar-refractivity contribution in [2.75, 3.05) is 20.3 Å². The van der Waals surface area contributed by atoms with E-state index in [1.165, 1.54) is 0 Å². The van der Waals surface area contributed by atoms with Crippen LogP contribution in [0.15, 0.2) is 54.6 Å². The van der Waals surface area contributed by atoms with Crippen LogP contribution in [0, 0.1) is 0 Å². The molecule has 2 aromatic carbocycles. The van der Waals surface area contributed by atoms with Crippen LogP contribution < -0.4 is 14.8 Å². The van der Waals surface area contributed by atoms with Crippen LogP contribution in [0.1, 0.15) is 12.5 Å². The summed E-state index contributed by atoms with van der Waals surface area (Å²) >= 11 is 0. The fourth-order valence-electron chi connectivity index (χ4n) is 2.10. The van der Waals surface area contributed by atoms with Gasteiger partial charge in [0.15, 0.2) is 18.1 Å². The maximum Gasteiger partial charge on any atom is 0.258 e. The second-order valence-corrected chi connectivity index (χ2v) is 5.36. The van der Waals surface area contributed by atoms with Gasteiger partial charge in [-0.3, -0.25) is 4.79 Å². The molecule has 0 aliphatic rings. The van der Waals surface area contributed by atoms with Crippen LogP contribution in [0.5, 0.6) is 11.5 Å². The first-order valence-electron chi connectivity index (χ1n) is 7.33. The van der Waals surface area contributed by atoms with Crippen molar-refractivity contribution in [1.82, 2.24) is 5.32 Å². The van der Waals surface area contributed by atoms with Crippen molar-refractivity contribution < 1.29 is 19.4 Å². The molecular formula is C18H21NO4. The lowest BCUT2D eigenvalue weighted by Crippen LogP contribution is -2.40. The highest BCUT2D eigenvalue weighted by atomic mass is 16.5. The second kappa shape index (κ2) is 7.65. The Morgan fingerprint density at radius 2 is 1.70 bits per heavy atom. The summed E-state index contributed by atoms with van der Waals surface area (Å²) in [7, 11) is 1.54. The summed E-state index contributed by atoms with van der Waals surface area (Å²) < 4.78 is 10.6. The van der Waals surface area contributed by atoms with Crippen molar-refractivity contribution in [3.05, 3.63) is 60.2 Å². The zero-order chi connectivity index (χ0) is 16.7. The summed E-state index contributed by atoms with van der Waals surface area (Å²) in [4.78, 5) is 11.9. The normalized spacial score (nSPS) is 13.0. The molecule has 23 heavy (non-hydrogen) atoms. The molecule has 5 heteroatoms. The van der Waals surface area contributed by atoms with Gasteiger partial charge in [-0.05, 0) is 24.6 Å². The van der Waals surface area contributed by atoms with Crippen LogP contribution >= 0.6 is 0 Å². The Kier molecular flexibility index (Phi) is 5.60. The molecule has 2 rings (SSSR count). The summed E-state index contributed by atoms with van der Waals surface area (Å²) in [6.07, 6.45) is 0. The van der Waals surface area contributed by atoms with Crippen molar-refractivity contribution in [2.45, 2.75) is 12.5 Å². The zero-order valence-corrected chi connectivity index (χ0v) is 13.3. The number of carbonyl (C=O) groups is 1. The van der Waals surface area contributed by atoms with E-state index < -0.39 is 5.60 Å². The van der Waals surface area contributed by atoms with Crippen LogP contribution in [0.25, 0.3) is 0 Å². The lowest BCUT2D eigenvalue weighted by atomic mass is 9.96. The molecule has 0 fully saturated rings. The molecule has 0 aliphatic carbocycles. The van der Waals surface area contributed by atoms with Crippen LogP contribution in [-0.2, 0) is 10.4 Å². The van der Waals surface area contributed by atoms with E-state index in [1.54, 1.807) is 32.2 Å². The fourth-order valence-corrected chi connectivity index (χ4v) is 2.10. The van der Waals surface area contributed by atoms with E-state index in [0.717, 1.165) is 5.56 Å². The summed E-state index contributed by atoms with van der Waals surface area (Å²) in [6.45, 7) is 1.61. The zero-order valence-electron chi connectivity index (χ0n) is 13.3. The molecule has 122 valence electrons. The van der Waals surface area contributed by atoms with Gasteiger partial charge in [-0.15, -0.1) is 0 Å². The standard InChI is InChI=1S/C18H21NO4/c1-18(21,14-8-4-3-5-9-14)13-19-17(20)12-23-16-11-7-6-10-15(16)22-2/h3-11,21H,12-13H2,1-2H3,(H,19,20). The van der Waals surface area contributed by atoms with E-state index in [1.807, 2.05) is 36.4 Å². The van der Waals surface area contributed by atoms with E-state index in [4.69, 9.17) is 9.47 Å². The molecule has 5 nitrogen and oxygen atoms in total. The Balaban J connectivity index is 1.86. The minimum atomic E-state index is -1.14. The van der Waals surface area contributed by atoms with Crippen LogP contribution in [0.3, 0.4) is 0 Å². The summed E-state index contributed by atoms with van der Waals surface area (Å²) in [6, 6.07) is 16.3. The average molecular weight is 315 g/mol. The van der Waals surface area contributed by atoms with E-state index in [-0.39, 0.29) is 19.1 Å². The van der Waals surface area contributed by atoms with Crippen molar-refractivity contribution in [1.29, 1.82) is 0 Å². The average Bonchev–Trinajstić information content (AvgIpc) is 2.59. The lowest BCUT2D eigenvalue weighted by molar-refractivity contribution is -0.124. The highest BCUT2D eigenvalue weighted by molar-refractivity contribution is 5.77. The molecule has 0 aromatic heterocycles. The Morgan fingerprint density at radius 3 is 2.35 bits per heavy atom. The van der Waals surface area contributed by atoms with Crippen molar-refractivity contribution in [2.24, 2.45) is 0 Å². The van der Waals surface area contributed by atoms with Gasteiger partial charge in [-0.2, -0.15) is 0 Å². The summed E-state index contributed by atoms with van der Waals surface area (Å²) in [5.74, 6) is 0.753. The molecule has 2 aromatic rings. The van der Waals surface area contributed by atoms with E-state index in [0.29, 0.717) is 11.5 Å². The molecule has 1 unspecified atom stereocenters. The van der Waals surface area contributed by atoms with Gasteiger partial charge < -0.3 is 19.9 Å². The van der Waals surface area contributed by atoms with Gasteiger partial charge in [0.05, 0.1) is 13.7 Å². The number of ether oxygens (including phenoxy) is 2. The number of aliphatic hydroxyl groups is 1. The molecule has 0 bridgehead atoms. The van der Waals surface area contributed by atoms with Gasteiger partial charge in [-0.1, -0.05) is 42.5 Å². The number of para-hydroxylation sites is 2. The van der Waals surface area contributed by atoms with E-state index in [9.17, 15) is 9.90 Å². The molecule has 0 radical (unpaired) electrons. The van der Waals surface area contributed by atoms with Crippen molar-refractivity contribution in [3.63, 3.8) is 0 Å². The monoisotopic (exact) mass is 315 g/mol. The highest BCUT2D eigenvalue weighted by Crippen LogP contribution is 2.25. The second-order valence-electron chi connectivity index (χ2n) is 5.36. The van der Waals surface area contributed by atoms with Crippen LogP contribution in [0.2, 0.25) is 0 Å². The Morgan fingerprint density at radius 1 is 1.09 bits per heavy atom. The summed E-state index contributed by atoms with van der Waals surface area (Å²) in [5, 5.41) is 13.1. The smallest absolute Gasteiger partial charge is 0.258 e. The van der Waals surface area contributed by atoms with Gasteiger partial charge in [0.25, 0.3) is 5.91 Å². The molecule has 1 atom stereocenters. The van der Waals surface area contributed by atoms with Crippen LogP contribution in [-0.4, -0.2) is 31.3 Å². The first-order valence-corrected chi connectivity index (χ1v) is 7.33. The number of methoxy groups -OCH3 is 1. The number of nitrogens with one attached hydrogen (secondary N) is 1. The molecule has 0 saturated heterocycles. The molecular weight excluding hydrogens is 294 g/mol. The van der Waals surface area contributed by atoms with Gasteiger partial charge >= 0.3 is 0 Å². The van der Waals surface area contributed by atoms with Gasteiger partial charge in [-0.25, -0.2) is 0 Å². The Hall–Kier alpha value is -2.53. The Labute approximate surface area is 135 Å². The highest BCUT2D eigenvalue weighted by Gasteiger charge is 2.23. The molecule has 0 aliphatic heterocycles. The topological polar surface area (TPSA) is 67.8 Å². The van der Waals surface area contributed by atoms with E-state index in [2.05, 4.69) is 5.32 Å². The number of rotatable bonds is 7. The van der Waals surface area contributed by atoms with Crippen molar-refractivity contribution >= 4 is 5.91 Å². The molecule has 0 spiro atoms. The quantitative estimate of drug-likeness (QED) is 0.821.